The Labute approximate surface area is 151 Å². The van der Waals surface area contributed by atoms with Crippen LogP contribution in [0.25, 0.3) is 0 Å². The molecule has 0 aromatic heterocycles. The second kappa shape index (κ2) is 9.55. The highest BCUT2D eigenvalue weighted by molar-refractivity contribution is 9.10. The molecule has 0 bridgehead atoms. The van der Waals surface area contributed by atoms with E-state index >= 15 is 0 Å². The van der Waals surface area contributed by atoms with Crippen molar-refractivity contribution in [2.24, 2.45) is 0 Å². The third-order valence-electron chi connectivity index (χ3n) is 3.20. The lowest BCUT2D eigenvalue weighted by atomic mass is 10.1. The lowest BCUT2D eigenvalue weighted by Gasteiger charge is -2.13. The van der Waals surface area contributed by atoms with Gasteiger partial charge in [-0.2, -0.15) is 13.2 Å². The fourth-order valence-corrected chi connectivity index (χ4v) is 2.47. The molecular formula is C17H17BrF3NO3. The average molecular weight is 420 g/mol. The zero-order valence-electron chi connectivity index (χ0n) is 13.1. The monoisotopic (exact) mass is 419 g/mol. The molecule has 25 heavy (non-hydrogen) atoms. The van der Waals surface area contributed by atoms with Crippen LogP contribution in [-0.4, -0.2) is 24.5 Å². The number of carbonyl (C=O) groups is 1. The van der Waals surface area contributed by atoms with Gasteiger partial charge >= 0.3 is 6.18 Å². The molecule has 0 aliphatic heterocycles. The molecule has 0 radical (unpaired) electrons. The van der Waals surface area contributed by atoms with E-state index in [0.29, 0.717) is 5.56 Å². The molecule has 0 aliphatic rings. The minimum atomic E-state index is -4.41. The molecule has 0 fully saturated rings. The summed E-state index contributed by atoms with van der Waals surface area (Å²) in [5.74, 6) is -0.268. The molecule has 0 saturated heterocycles. The van der Waals surface area contributed by atoms with Crippen LogP contribution in [-0.2, 0) is 17.5 Å². The first-order chi connectivity index (χ1) is 11.4. The van der Waals surface area contributed by atoms with Crippen molar-refractivity contribution in [3.8, 4) is 0 Å². The van der Waals surface area contributed by atoms with Gasteiger partial charge in [0.1, 0.15) is 0 Å². The average Bonchev–Trinajstić information content (AvgIpc) is 2.54. The standard InChI is InChI=1S/C17H15BrF3NO2.H2O/c18-14-6-3-5-12(10-14)16(23)22-8-9-24-11-13-4-1-2-7-15(13)17(19,20)21;/h1-7,10H,8-9,11H2,(H,22,23);1H2. The molecule has 0 heterocycles. The molecule has 136 valence electrons. The number of carbonyl (C=O) groups excluding carboxylic acids is 1. The van der Waals surface area contributed by atoms with Gasteiger partial charge in [-0.15, -0.1) is 0 Å². The van der Waals surface area contributed by atoms with Crippen molar-refractivity contribution in [2.75, 3.05) is 13.2 Å². The van der Waals surface area contributed by atoms with Crippen LogP contribution in [0.3, 0.4) is 0 Å². The number of benzene rings is 2. The van der Waals surface area contributed by atoms with Crippen molar-refractivity contribution >= 4 is 21.8 Å². The normalized spacial score (nSPS) is 10.9. The number of amides is 1. The topological polar surface area (TPSA) is 69.8 Å². The Hall–Kier alpha value is -1.90. The van der Waals surface area contributed by atoms with Crippen LogP contribution in [0.2, 0.25) is 0 Å². The van der Waals surface area contributed by atoms with Gasteiger partial charge < -0.3 is 15.5 Å². The Morgan fingerprint density at radius 2 is 1.84 bits per heavy atom. The number of ether oxygens (including phenoxy) is 1. The van der Waals surface area contributed by atoms with E-state index in [1.807, 2.05) is 0 Å². The molecular weight excluding hydrogens is 403 g/mol. The SMILES string of the molecule is O.O=C(NCCOCc1ccccc1C(F)(F)F)c1cccc(Br)c1. The van der Waals surface area contributed by atoms with E-state index in [2.05, 4.69) is 21.2 Å². The van der Waals surface area contributed by atoms with Gasteiger partial charge in [-0.3, -0.25) is 4.79 Å². The summed E-state index contributed by atoms with van der Waals surface area (Å²) < 4.78 is 44.5. The number of hydrogen-bond acceptors (Lipinski definition) is 2. The highest BCUT2D eigenvalue weighted by Crippen LogP contribution is 2.32. The third kappa shape index (κ3) is 6.49. The van der Waals surface area contributed by atoms with Gasteiger partial charge in [0.05, 0.1) is 18.8 Å². The Bertz CT molecular complexity index is 708. The first kappa shape index (κ1) is 21.1. The summed E-state index contributed by atoms with van der Waals surface area (Å²) >= 11 is 3.28. The summed E-state index contributed by atoms with van der Waals surface area (Å²) in [6.07, 6.45) is -4.41. The van der Waals surface area contributed by atoms with Crippen LogP contribution in [0.1, 0.15) is 21.5 Å². The predicted octanol–water partition coefficient (Wildman–Crippen LogP) is 3.59. The van der Waals surface area contributed by atoms with Crippen molar-refractivity contribution in [2.45, 2.75) is 12.8 Å². The molecule has 2 aromatic rings. The highest BCUT2D eigenvalue weighted by atomic mass is 79.9. The van der Waals surface area contributed by atoms with Crippen molar-refractivity contribution < 1.29 is 28.2 Å². The van der Waals surface area contributed by atoms with Crippen LogP contribution in [0, 0.1) is 0 Å². The second-order valence-electron chi connectivity index (χ2n) is 4.97. The largest absolute Gasteiger partial charge is 0.416 e. The van der Waals surface area contributed by atoms with Gasteiger partial charge in [-0.1, -0.05) is 40.2 Å². The lowest BCUT2D eigenvalue weighted by molar-refractivity contribution is -0.138. The molecule has 0 atom stereocenters. The van der Waals surface area contributed by atoms with Crippen LogP contribution >= 0.6 is 15.9 Å². The van der Waals surface area contributed by atoms with Crippen LogP contribution < -0.4 is 5.32 Å². The van der Waals surface area contributed by atoms with E-state index in [9.17, 15) is 18.0 Å². The van der Waals surface area contributed by atoms with Crippen LogP contribution in [0.5, 0.6) is 0 Å². The van der Waals surface area contributed by atoms with Gasteiger partial charge in [0.2, 0.25) is 0 Å². The zero-order chi connectivity index (χ0) is 17.6. The Morgan fingerprint density at radius 1 is 1.12 bits per heavy atom. The number of rotatable bonds is 6. The first-order valence-electron chi connectivity index (χ1n) is 7.14. The maximum absolute atomic E-state index is 12.8. The molecule has 2 aromatic carbocycles. The molecule has 0 unspecified atom stereocenters. The molecule has 1 amide bonds. The fourth-order valence-electron chi connectivity index (χ4n) is 2.07. The lowest BCUT2D eigenvalue weighted by Crippen LogP contribution is -2.27. The summed E-state index contributed by atoms with van der Waals surface area (Å²) in [6.45, 7) is 0.161. The van der Waals surface area contributed by atoms with E-state index in [1.54, 1.807) is 24.3 Å². The quantitative estimate of drug-likeness (QED) is 0.726. The summed E-state index contributed by atoms with van der Waals surface area (Å²) in [6, 6.07) is 12.2. The van der Waals surface area contributed by atoms with Gasteiger partial charge in [0.25, 0.3) is 5.91 Å². The number of alkyl halides is 3. The maximum Gasteiger partial charge on any atom is 0.416 e. The number of nitrogens with one attached hydrogen (secondary N) is 1. The summed E-state index contributed by atoms with van der Waals surface area (Å²) in [5, 5.41) is 2.65. The molecule has 2 rings (SSSR count). The van der Waals surface area contributed by atoms with Gasteiger partial charge in [-0.05, 0) is 29.8 Å². The van der Waals surface area contributed by atoms with Crippen molar-refractivity contribution in [1.29, 1.82) is 0 Å². The maximum atomic E-state index is 12.8. The zero-order valence-corrected chi connectivity index (χ0v) is 14.7. The Kier molecular flexibility index (Phi) is 8.08. The summed E-state index contributed by atoms with van der Waals surface area (Å²) in [7, 11) is 0. The van der Waals surface area contributed by atoms with E-state index in [4.69, 9.17) is 4.74 Å². The molecule has 3 N–H and O–H groups in total. The Balaban J connectivity index is 0.00000312. The van der Waals surface area contributed by atoms with Crippen molar-refractivity contribution in [3.05, 3.63) is 69.7 Å². The predicted molar refractivity (Wildman–Crippen MR) is 91.2 cm³/mol. The Morgan fingerprint density at radius 3 is 2.52 bits per heavy atom. The molecule has 0 spiro atoms. The van der Waals surface area contributed by atoms with Crippen molar-refractivity contribution in [3.63, 3.8) is 0 Å². The molecule has 8 heteroatoms. The van der Waals surface area contributed by atoms with E-state index in [-0.39, 0.29) is 36.7 Å². The first-order valence-corrected chi connectivity index (χ1v) is 7.94. The summed E-state index contributed by atoms with van der Waals surface area (Å²) in [4.78, 5) is 11.9. The van der Waals surface area contributed by atoms with E-state index in [1.165, 1.54) is 18.2 Å². The van der Waals surface area contributed by atoms with E-state index in [0.717, 1.165) is 10.5 Å². The fraction of sp³-hybridized carbons (Fsp3) is 0.235. The second-order valence-corrected chi connectivity index (χ2v) is 5.89. The van der Waals surface area contributed by atoms with Gasteiger partial charge in [0.15, 0.2) is 0 Å². The third-order valence-corrected chi connectivity index (χ3v) is 3.69. The van der Waals surface area contributed by atoms with Crippen LogP contribution in [0.4, 0.5) is 13.2 Å². The van der Waals surface area contributed by atoms with Crippen LogP contribution in [0.15, 0.2) is 53.0 Å². The minimum absolute atomic E-state index is 0. The van der Waals surface area contributed by atoms with Gasteiger partial charge in [-0.25, -0.2) is 0 Å². The molecule has 0 saturated carbocycles. The number of halogens is 4. The number of hydrogen-bond donors (Lipinski definition) is 1. The molecule has 0 aliphatic carbocycles. The smallest absolute Gasteiger partial charge is 0.412 e. The van der Waals surface area contributed by atoms with Gasteiger partial charge in [0, 0.05) is 16.6 Å². The highest BCUT2D eigenvalue weighted by Gasteiger charge is 2.32. The minimum Gasteiger partial charge on any atom is -0.412 e. The summed E-state index contributed by atoms with van der Waals surface area (Å²) in [5.41, 5.74) is -0.140. The van der Waals surface area contributed by atoms with Crippen molar-refractivity contribution in [1.82, 2.24) is 5.32 Å². The molecule has 4 nitrogen and oxygen atoms in total. The van der Waals surface area contributed by atoms with E-state index < -0.39 is 11.7 Å².